The van der Waals surface area contributed by atoms with E-state index >= 15 is 0 Å². The third kappa shape index (κ3) is 4.11. The summed E-state index contributed by atoms with van der Waals surface area (Å²) >= 11 is 7.44. The standard InChI is InChI=1S/C27H22ClN3O3S/c1-27(2,3)16-10-11-18-20(14-16)35-26(30-18)31-22(19-9-4-5-12-29-19)21(24(33)25(31)34)23(32)15-7-6-8-17(28)13-15/h4-14,22,32H,1-3H3/b23-21+. The van der Waals surface area contributed by atoms with Crippen LogP contribution in [-0.4, -0.2) is 26.8 Å². The zero-order valence-electron chi connectivity index (χ0n) is 19.3. The van der Waals surface area contributed by atoms with Gasteiger partial charge in [0.15, 0.2) is 5.13 Å². The number of ketones is 1. The summed E-state index contributed by atoms with van der Waals surface area (Å²) < 4.78 is 0.906. The predicted molar refractivity (Wildman–Crippen MR) is 139 cm³/mol. The Balaban J connectivity index is 1.70. The Morgan fingerprint density at radius 3 is 2.54 bits per heavy atom. The van der Waals surface area contributed by atoms with E-state index in [9.17, 15) is 14.7 Å². The monoisotopic (exact) mass is 503 g/mol. The quantitative estimate of drug-likeness (QED) is 0.202. The van der Waals surface area contributed by atoms with E-state index in [0.717, 1.165) is 15.8 Å². The first-order chi connectivity index (χ1) is 16.6. The Kier molecular flexibility index (Phi) is 5.69. The molecule has 2 aromatic heterocycles. The van der Waals surface area contributed by atoms with Crippen molar-refractivity contribution < 1.29 is 14.7 Å². The smallest absolute Gasteiger partial charge is 0.301 e. The number of Topliss-reactive ketones (excluding diaryl/α,β-unsaturated/α-hetero) is 1. The second-order valence-electron chi connectivity index (χ2n) is 9.36. The van der Waals surface area contributed by atoms with Crippen LogP contribution >= 0.6 is 22.9 Å². The fourth-order valence-electron chi connectivity index (χ4n) is 4.12. The van der Waals surface area contributed by atoms with Gasteiger partial charge in [-0.3, -0.25) is 19.5 Å². The van der Waals surface area contributed by atoms with E-state index in [4.69, 9.17) is 11.6 Å². The largest absolute Gasteiger partial charge is 0.507 e. The molecule has 0 spiro atoms. The van der Waals surface area contributed by atoms with Gasteiger partial charge in [0.05, 0.1) is 21.5 Å². The Hall–Kier alpha value is -3.55. The van der Waals surface area contributed by atoms with Crippen molar-refractivity contribution in [2.24, 2.45) is 0 Å². The summed E-state index contributed by atoms with van der Waals surface area (Å²) in [6.07, 6.45) is 1.59. The lowest BCUT2D eigenvalue weighted by atomic mass is 9.87. The fourth-order valence-corrected chi connectivity index (χ4v) is 5.34. The molecular formula is C27H22ClN3O3S. The minimum Gasteiger partial charge on any atom is -0.507 e. The van der Waals surface area contributed by atoms with Gasteiger partial charge >= 0.3 is 5.91 Å². The molecule has 0 aliphatic carbocycles. The number of aliphatic hydroxyl groups is 1. The van der Waals surface area contributed by atoms with Crippen molar-refractivity contribution in [2.45, 2.75) is 32.2 Å². The number of carbonyl (C=O) groups excluding carboxylic acids is 2. The number of nitrogens with zero attached hydrogens (tertiary/aromatic N) is 3. The van der Waals surface area contributed by atoms with E-state index in [1.807, 2.05) is 12.1 Å². The van der Waals surface area contributed by atoms with Crippen molar-refractivity contribution in [1.82, 2.24) is 9.97 Å². The molecule has 176 valence electrons. The lowest BCUT2D eigenvalue weighted by Gasteiger charge is -2.21. The molecule has 1 atom stereocenters. The van der Waals surface area contributed by atoms with Gasteiger partial charge in [0.25, 0.3) is 5.78 Å². The summed E-state index contributed by atoms with van der Waals surface area (Å²) in [7, 11) is 0. The number of thiazole rings is 1. The van der Waals surface area contributed by atoms with Crippen LogP contribution in [0.25, 0.3) is 16.0 Å². The highest BCUT2D eigenvalue weighted by Crippen LogP contribution is 2.44. The van der Waals surface area contributed by atoms with Gasteiger partial charge in [-0.15, -0.1) is 0 Å². The molecule has 8 heteroatoms. The van der Waals surface area contributed by atoms with Crippen LogP contribution in [0.3, 0.4) is 0 Å². The second-order valence-corrected chi connectivity index (χ2v) is 10.8. The van der Waals surface area contributed by atoms with Crippen LogP contribution in [0.4, 0.5) is 5.13 Å². The molecule has 0 saturated carbocycles. The highest BCUT2D eigenvalue weighted by Gasteiger charge is 2.48. The Morgan fingerprint density at radius 1 is 1.06 bits per heavy atom. The topological polar surface area (TPSA) is 83.4 Å². The van der Waals surface area contributed by atoms with E-state index < -0.39 is 17.7 Å². The molecule has 35 heavy (non-hydrogen) atoms. The van der Waals surface area contributed by atoms with Gasteiger partial charge in [0, 0.05) is 16.8 Å². The van der Waals surface area contributed by atoms with E-state index in [0.29, 0.717) is 21.4 Å². The lowest BCUT2D eigenvalue weighted by Crippen LogP contribution is -2.29. The molecule has 0 radical (unpaired) electrons. The molecule has 1 aliphatic heterocycles. The molecule has 1 N–H and O–H groups in total. The normalized spacial score (nSPS) is 17.9. The average Bonchev–Trinajstić information content (AvgIpc) is 3.36. The number of carbonyl (C=O) groups is 2. The SMILES string of the molecule is CC(C)(C)c1ccc2nc(N3C(=O)C(=O)/C(=C(/O)c4cccc(Cl)c4)C3c3ccccn3)sc2c1. The minimum absolute atomic E-state index is 0.0487. The summed E-state index contributed by atoms with van der Waals surface area (Å²) in [5, 5.41) is 11.9. The summed E-state index contributed by atoms with van der Waals surface area (Å²) in [5.74, 6) is -1.87. The van der Waals surface area contributed by atoms with E-state index in [2.05, 4.69) is 36.8 Å². The third-order valence-corrected chi connectivity index (χ3v) is 7.21. The van der Waals surface area contributed by atoms with Crippen molar-refractivity contribution in [2.75, 3.05) is 4.90 Å². The van der Waals surface area contributed by atoms with Gasteiger partial charge in [-0.25, -0.2) is 4.98 Å². The number of halogens is 1. The number of anilines is 1. The molecule has 4 aromatic rings. The zero-order valence-corrected chi connectivity index (χ0v) is 20.9. The maximum atomic E-state index is 13.3. The van der Waals surface area contributed by atoms with Crippen LogP contribution in [-0.2, 0) is 15.0 Å². The zero-order chi connectivity index (χ0) is 24.9. The van der Waals surface area contributed by atoms with Crippen LogP contribution < -0.4 is 4.90 Å². The van der Waals surface area contributed by atoms with Crippen LogP contribution in [0.5, 0.6) is 0 Å². The molecule has 3 heterocycles. The van der Waals surface area contributed by atoms with Crippen molar-refractivity contribution >= 4 is 55.7 Å². The summed E-state index contributed by atoms with van der Waals surface area (Å²) in [6, 6.07) is 16.8. The van der Waals surface area contributed by atoms with Crippen LogP contribution in [0.1, 0.15) is 43.6 Å². The number of amides is 1. The summed E-state index contributed by atoms with van der Waals surface area (Å²) in [4.78, 5) is 37.1. The van der Waals surface area contributed by atoms with Gasteiger partial charge in [-0.1, -0.05) is 68.0 Å². The van der Waals surface area contributed by atoms with Crippen LogP contribution in [0.15, 0.2) is 72.4 Å². The van der Waals surface area contributed by atoms with Crippen LogP contribution in [0, 0.1) is 0 Å². The number of aromatic nitrogens is 2. The molecule has 1 fully saturated rings. The summed E-state index contributed by atoms with van der Waals surface area (Å²) in [6.45, 7) is 6.39. The molecular weight excluding hydrogens is 482 g/mol. The maximum Gasteiger partial charge on any atom is 0.301 e. The second kappa shape index (κ2) is 8.59. The predicted octanol–water partition coefficient (Wildman–Crippen LogP) is 6.27. The number of rotatable bonds is 3. The molecule has 1 unspecified atom stereocenters. The Labute approximate surface area is 211 Å². The number of aliphatic hydroxyl groups excluding tert-OH is 1. The van der Waals surface area contributed by atoms with Gasteiger partial charge in [0.1, 0.15) is 11.8 Å². The summed E-state index contributed by atoms with van der Waals surface area (Å²) in [5.41, 5.74) is 2.57. The Bertz CT molecular complexity index is 1510. The molecule has 1 saturated heterocycles. The number of fused-ring (bicyclic) bond motifs is 1. The number of benzene rings is 2. The lowest BCUT2D eigenvalue weighted by molar-refractivity contribution is -0.132. The molecule has 5 rings (SSSR count). The molecule has 1 amide bonds. The first kappa shape index (κ1) is 23.2. The van der Waals surface area contributed by atoms with Gasteiger partial charge in [-0.2, -0.15) is 0 Å². The van der Waals surface area contributed by atoms with Crippen molar-refractivity contribution in [3.05, 3.63) is 94.3 Å². The number of pyridine rings is 1. The first-order valence-corrected chi connectivity index (χ1v) is 12.2. The Morgan fingerprint density at radius 2 is 1.86 bits per heavy atom. The third-order valence-electron chi connectivity index (χ3n) is 5.96. The van der Waals surface area contributed by atoms with E-state index in [1.54, 1.807) is 48.7 Å². The van der Waals surface area contributed by atoms with Crippen molar-refractivity contribution in [1.29, 1.82) is 0 Å². The first-order valence-electron chi connectivity index (χ1n) is 11.0. The maximum absolute atomic E-state index is 13.3. The van der Waals surface area contributed by atoms with E-state index in [-0.39, 0.29) is 16.7 Å². The minimum atomic E-state index is -0.933. The van der Waals surface area contributed by atoms with Gasteiger partial charge < -0.3 is 5.11 Å². The molecule has 2 aromatic carbocycles. The fraction of sp³-hybridized carbons (Fsp3) is 0.185. The molecule has 0 bridgehead atoms. The number of hydrogen-bond acceptors (Lipinski definition) is 6. The van der Waals surface area contributed by atoms with Gasteiger partial charge in [0.2, 0.25) is 0 Å². The van der Waals surface area contributed by atoms with Gasteiger partial charge in [-0.05, 0) is 47.4 Å². The number of hydrogen-bond donors (Lipinski definition) is 1. The highest BCUT2D eigenvalue weighted by molar-refractivity contribution is 7.22. The molecule has 6 nitrogen and oxygen atoms in total. The van der Waals surface area contributed by atoms with Crippen molar-refractivity contribution in [3.8, 4) is 0 Å². The average molecular weight is 504 g/mol. The van der Waals surface area contributed by atoms with E-state index in [1.165, 1.54) is 16.2 Å². The molecule has 1 aliphatic rings. The van der Waals surface area contributed by atoms with Crippen molar-refractivity contribution in [3.63, 3.8) is 0 Å². The highest BCUT2D eigenvalue weighted by atomic mass is 35.5. The van der Waals surface area contributed by atoms with Crippen LogP contribution in [0.2, 0.25) is 5.02 Å².